The van der Waals surface area contributed by atoms with Crippen LogP contribution in [0.5, 0.6) is 0 Å². The zero-order chi connectivity index (χ0) is 19.1. The van der Waals surface area contributed by atoms with Crippen LogP contribution in [0.15, 0.2) is 53.0 Å². The molecule has 2 aliphatic rings. The highest BCUT2D eigenvalue weighted by Crippen LogP contribution is 2.54. The maximum absolute atomic E-state index is 12.4. The summed E-state index contributed by atoms with van der Waals surface area (Å²) in [7, 11) is 0. The van der Waals surface area contributed by atoms with Crippen molar-refractivity contribution >= 4 is 12.0 Å². The molecule has 2 amide bonds. The van der Waals surface area contributed by atoms with Crippen LogP contribution in [0.3, 0.4) is 0 Å². The number of rotatable bonds is 3. The SMILES string of the molecule is CCOC(=O)C1=C(C)N2N(C(N)=O)C(N)=C(C#N)C2(c2ccccc2)C1. The summed E-state index contributed by atoms with van der Waals surface area (Å²) in [6.45, 7) is 3.61. The van der Waals surface area contributed by atoms with Gasteiger partial charge in [0, 0.05) is 12.1 Å². The summed E-state index contributed by atoms with van der Waals surface area (Å²) in [4.78, 5) is 24.5. The Morgan fingerprint density at radius 1 is 1.35 bits per heavy atom. The van der Waals surface area contributed by atoms with Crippen LogP contribution in [0.4, 0.5) is 4.79 Å². The van der Waals surface area contributed by atoms with E-state index in [2.05, 4.69) is 6.07 Å². The van der Waals surface area contributed by atoms with E-state index in [9.17, 15) is 14.9 Å². The molecule has 134 valence electrons. The van der Waals surface area contributed by atoms with E-state index >= 15 is 0 Å². The third-order valence-corrected chi connectivity index (χ3v) is 4.74. The first-order valence-corrected chi connectivity index (χ1v) is 8.12. The molecule has 2 heterocycles. The normalized spacial score (nSPS) is 21.7. The molecule has 0 aliphatic carbocycles. The molecule has 2 aliphatic heterocycles. The highest BCUT2D eigenvalue weighted by atomic mass is 16.5. The first-order chi connectivity index (χ1) is 12.4. The monoisotopic (exact) mass is 353 g/mol. The Bertz CT molecular complexity index is 884. The molecule has 3 rings (SSSR count). The van der Waals surface area contributed by atoms with Crippen LogP contribution >= 0.6 is 0 Å². The first kappa shape index (κ1) is 17.4. The number of fused-ring (bicyclic) bond motifs is 1. The smallest absolute Gasteiger partial charge is 0.339 e. The van der Waals surface area contributed by atoms with Gasteiger partial charge in [0.25, 0.3) is 0 Å². The van der Waals surface area contributed by atoms with E-state index in [1.807, 2.05) is 30.3 Å². The van der Waals surface area contributed by atoms with Crippen molar-refractivity contribution in [1.29, 1.82) is 5.26 Å². The van der Waals surface area contributed by atoms with Crippen molar-refractivity contribution < 1.29 is 14.3 Å². The number of hydrogen-bond donors (Lipinski definition) is 2. The molecule has 0 bridgehead atoms. The van der Waals surface area contributed by atoms with Gasteiger partial charge in [0.15, 0.2) is 0 Å². The van der Waals surface area contributed by atoms with Crippen molar-refractivity contribution in [2.75, 3.05) is 6.61 Å². The zero-order valence-electron chi connectivity index (χ0n) is 14.5. The van der Waals surface area contributed by atoms with Crippen LogP contribution in [0.1, 0.15) is 25.8 Å². The Morgan fingerprint density at radius 2 is 2.00 bits per heavy atom. The van der Waals surface area contributed by atoms with Gasteiger partial charge in [-0.25, -0.2) is 9.59 Å². The molecule has 1 aromatic rings. The van der Waals surface area contributed by atoms with Gasteiger partial charge in [-0.1, -0.05) is 30.3 Å². The Morgan fingerprint density at radius 3 is 2.54 bits per heavy atom. The van der Waals surface area contributed by atoms with Crippen molar-refractivity contribution in [3.05, 3.63) is 58.6 Å². The number of amides is 2. The molecule has 0 spiro atoms. The summed E-state index contributed by atoms with van der Waals surface area (Å²) >= 11 is 0. The zero-order valence-corrected chi connectivity index (χ0v) is 14.5. The number of esters is 1. The molecule has 26 heavy (non-hydrogen) atoms. The number of nitriles is 1. The minimum absolute atomic E-state index is 0.0360. The maximum Gasteiger partial charge on any atom is 0.339 e. The average Bonchev–Trinajstić information content (AvgIpc) is 3.05. The van der Waals surface area contributed by atoms with Crippen molar-refractivity contribution in [3.8, 4) is 6.07 Å². The highest BCUT2D eigenvalue weighted by Gasteiger charge is 2.59. The number of hydrazine groups is 1. The lowest BCUT2D eigenvalue weighted by Gasteiger charge is -2.38. The molecule has 8 nitrogen and oxygen atoms in total. The summed E-state index contributed by atoms with van der Waals surface area (Å²) in [6, 6.07) is 10.4. The molecule has 1 atom stereocenters. The number of nitrogens with zero attached hydrogens (tertiary/aromatic N) is 3. The van der Waals surface area contributed by atoms with Gasteiger partial charge in [0.05, 0.1) is 12.2 Å². The predicted octanol–water partition coefficient (Wildman–Crippen LogP) is 1.43. The third kappa shape index (κ3) is 2.14. The van der Waals surface area contributed by atoms with Crippen LogP contribution in [0.25, 0.3) is 0 Å². The summed E-state index contributed by atoms with van der Waals surface area (Å²) in [5.41, 5.74) is 12.2. The van der Waals surface area contributed by atoms with Gasteiger partial charge in [-0.2, -0.15) is 10.3 Å². The largest absolute Gasteiger partial charge is 0.463 e. The Balaban J connectivity index is 2.27. The fourth-order valence-electron chi connectivity index (χ4n) is 3.70. The molecule has 0 fully saturated rings. The molecule has 4 N–H and O–H groups in total. The quantitative estimate of drug-likeness (QED) is 0.792. The fraction of sp³-hybridized carbons (Fsp3) is 0.278. The van der Waals surface area contributed by atoms with Crippen molar-refractivity contribution in [1.82, 2.24) is 10.0 Å². The topological polar surface area (TPSA) is 126 Å². The van der Waals surface area contributed by atoms with Crippen LogP contribution in [-0.4, -0.2) is 28.6 Å². The Labute approximate surface area is 150 Å². The molecule has 1 unspecified atom stereocenters. The van der Waals surface area contributed by atoms with Crippen LogP contribution in [0.2, 0.25) is 0 Å². The number of hydrogen-bond acceptors (Lipinski definition) is 6. The molecule has 0 saturated carbocycles. The van der Waals surface area contributed by atoms with E-state index in [-0.39, 0.29) is 24.4 Å². The summed E-state index contributed by atoms with van der Waals surface area (Å²) in [6.07, 6.45) is 0.148. The van der Waals surface area contributed by atoms with Gasteiger partial charge in [0.1, 0.15) is 23.0 Å². The van der Waals surface area contributed by atoms with Gasteiger partial charge in [0.2, 0.25) is 0 Å². The van der Waals surface area contributed by atoms with Gasteiger partial charge >= 0.3 is 12.0 Å². The number of carbonyl (C=O) groups excluding carboxylic acids is 2. The Kier molecular flexibility index (Phi) is 4.08. The van der Waals surface area contributed by atoms with E-state index in [1.54, 1.807) is 13.8 Å². The fourth-order valence-corrected chi connectivity index (χ4v) is 3.70. The number of primary amides is 1. The molecule has 0 saturated heterocycles. The molecule has 0 aromatic heterocycles. The lowest BCUT2D eigenvalue weighted by Crippen LogP contribution is -2.50. The van der Waals surface area contributed by atoms with Crippen LogP contribution in [-0.2, 0) is 15.1 Å². The van der Waals surface area contributed by atoms with Gasteiger partial charge in [-0.05, 0) is 19.4 Å². The Hall–Kier alpha value is -3.47. The average molecular weight is 353 g/mol. The second-order valence-corrected chi connectivity index (χ2v) is 6.02. The van der Waals surface area contributed by atoms with Gasteiger partial charge in [-0.3, -0.25) is 5.01 Å². The van der Waals surface area contributed by atoms with Crippen LogP contribution < -0.4 is 11.5 Å². The van der Waals surface area contributed by atoms with Crippen molar-refractivity contribution in [3.63, 3.8) is 0 Å². The highest BCUT2D eigenvalue weighted by molar-refractivity contribution is 5.91. The number of carbonyl (C=O) groups is 2. The van der Waals surface area contributed by atoms with Gasteiger partial charge in [-0.15, -0.1) is 0 Å². The van der Waals surface area contributed by atoms with E-state index < -0.39 is 17.5 Å². The molecule has 0 radical (unpaired) electrons. The number of nitrogens with two attached hydrogens (primary N) is 2. The van der Waals surface area contributed by atoms with Crippen molar-refractivity contribution in [2.45, 2.75) is 25.8 Å². The second kappa shape index (κ2) is 6.11. The van der Waals surface area contributed by atoms with Crippen LogP contribution in [0, 0.1) is 11.3 Å². The predicted molar refractivity (Wildman–Crippen MR) is 92.2 cm³/mol. The maximum atomic E-state index is 12.4. The van der Waals surface area contributed by atoms with Gasteiger partial charge < -0.3 is 16.2 Å². The lowest BCUT2D eigenvalue weighted by atomic mass is 9.80. The molecule has 1 aromatic carbocycles. The van der Waals surface area contributed by atoms with Crippen molar-refractivity contribution in [2.24, 2.45) is 11.5 Å². The third-order valence-electron chi connectivity index (χ3n) is 4.74. The number of urea groups is 1. The van der Waals surface area contributed by atoms with E-state index in [1.165, 1.54) is 5.01 Å². The standard InChI is InChI=1S/C18H19N5O3/c1-3-26-16(24)13-9-18(12-7-5-4-6-8-12)14(10-19)15(20)22(17(21)25)23(18)11(13)2/h4-8H,3,9,20H2,1-2H3,(H2,21,25). The number of allylic oxidation sites excluding steroid dienone is 1. The number of benzene rings is 1. The number of ether oxygens (including phenoxy) is 1. The minimum atomic E-state index is -1.11. The van der Waals surface area contributed by atoms with E-state index in [0.717, 1.165) is 10.6 Å². The molecular weight excluding hydrogens is 334 g/mol. The van der Waals surface area contributed by atoms with E-state index in [0.29, 0.717) is 11.3 Å². The first-order valence-electron chi connectivity index (χ1n) is 8.12. The lowest BCUT2D eigenvalue weighted by molar-refractivity contribution is -0.138. The second-order valence-electron chi connectivity index (χ2n) is 6.02. The van der Waals surface area contributed by atoms with E-state index in [4.69, 9.17) is 16.2 Å². The summed E-state index contributed by atoms with van der Waals surface area (Å²) in [5.74, 6) is -0.527. The summed E-state index contributed by atoms with van der Waals surface area (Å²) < 4.78 is 5.15. The summed E-state index contributed by atoms with van der Waals surface area (Å²) in [5, 5.41) is 12.4. The molecular formula is C18H19N5O3. The molecule has 8 heteroatoms. The minimum Gasteiger partial charge on any atom is -0.463 e.